The Morgan fingerprint density at radius 1 is 1.42 bits per heavy atom. The Kier molecular flexibility index (Phi) is 6.07. The summed E-state index contributed by atoms with van der Waals surface area (Å²) >= 11 is 0. The minimum atomic E-state index is -0.396. The van der Waals surface area contributed by atoms with E-state index >= 15 is 0 Å². The fourth-order valence-corrected chi connectivity index (χ4v) is 2.62. The number of hydrogen-bond donors (Lipinski definition) is 2. The second-order valence-corrected chi connectivity index (χ2v) is 5.52. The third-order valence-electron chi connectivity index (χ3n) is 3.86. The van der Waals surface area contributed by atoms with E-state index in [0.717, 1.165) is 32.5 Å². The minimum absolute atomic E-state index is 0.00988. The van der Waals surface area contributed by atoms with E-state index in [0.29, 0.717) is 12.6 Å². The molecule has 2 aliphatic rings. The molecular weight excluding hydrogens is 244 g/mol. The zero-order valence-electron chi connectivity index (χ0n) is 11.8. The molecule has 1 aliphatic carbocycles. The topological polar surface area (TPSA) is 59.6 Å². The van der Waals surface area contributed by atoms with Gasteiger partial charge < -0.3 is 20.1 Å². The normalized spacial score (nSPS) is 26.9. The largest absolute Gasteiger partial charge is 0.373 e. The number of rotatable bonds is 5. The molecule has 1 aliphatic heterocycles. The summed E-state index contributed by atoms with van der Waals surface area (Å²) in [6.45, 7) is 4.71. The molecule has 0 aromatic carbocycles. The van der Waals surface area contributed by atoms with Crippen molar-refractivity contribution in [2.75, 3.05) is 26.3 Å². The van der Waals surface area contributed by atoms with Gasteiger partial charge in [-0.05, 0) is 19.8 Å². The Bertz CT molecular complexity index is 274. The van der Waals surface area contributed by atoms with Crippen LogP contribution in [0.5, 0.6) is 0 Å². The Hall–Kier alpha value is -0.650. The SMILES string of the molecule is CC(OCC1CNCCO1)C(=O)NC1CCCCC1. The van der Waals surface area contributed by atoms with E-state index in [9.17, 15) is 4.79 Å². The summed E-state index contributed by atoms with van der Waals surface area (Å²) in [5.41, 5.74) is 0. The van der Waals surface area contributed by atoms with Gasteiger partial charge in [0.2, 0.25) is 5.91 Å². The number of ether oxygens (including phenoxy) is 2. The number of carbonyl (C=O) groups excluding carboxylic acids is 1. The standard InChI is InChI=1S/C14H26N2O3/c1-11(19-10-13-9-15-7-8-18-13)14(17)16-12-5-3-2-4-6-12/h11-13,15H,2-10H2,1H3,(H,16,17). The van der Waals surface area contributed by atoms with Crippen molar-refractivity contribution < 1.29 is 14.3 Å². The summed E-state index contributed by atoms with van der Waals surface area (Å²) in [6.07, 6.45) is 5.63. The summed E-state index contributed by atoms with van der Waals surface area (Å²) in [6, 6.07) is 0.347. The van der Waals surface area contributed by atoms with Crippen LogP contribution in [0.25, 0.3) is 0 Å². The summed E-state index contributed by atoms with van der Waals surface area (Å²) in [7, 11) is 0. The fourth-order valence-electron chi connectivity index (χ4n) is 2.62. The fraction of sp³-hybridized carbons (Fsp3) is 0.929. The summed E-state index contributed by atoms with van der Waals surface area (Å²) in [5, 5.41) is 6.33. The Morgan fingerprint density at radius 3 is 2.89 bits per heavy atom. The molecule has 5 nitrogen and oxygen atoms in total. The highest BCUT2D eigenvalue weighted by atomic mass is 16.5. The molecule has 0 aromatic heterocycles. The molecule has 2 unspecified atom stereocenters. The van der Waals surface area contributed by atoms with Crippen molar-refractivity contribution in [3.05, 3.63) is 0 Å². The van der Waals surface area contributed by atoms with Crippen LogP contribution in [0.3, 0.4) is 0 Å². The summed E-state index contributed by atoms with van der Waals surface area (Å²) < 4.78 is 11.1. The van der Waals surface area contributed by atoms with E-state index in [2.05, 4.69) is 10.6 Å². The van der Waals surface area contributed by atoms with Crippen molar-refractivity contribution in [3.63, 3.8) is 0 Å². The lowest BCUT2D eigenvalue weighted by atomic mass is 9.95. The highest BCUT2D eigenvalue weighted by molar-refractivity contribution is 5.80. The minimum Gasteiger partial charge on any atom is -0.373 e. The first-order valence-corrected chi connectivity index (χ1v) is 7.50. The van der Waals surface area contributed by atoms with Gasteiger partial charge in [-0.25, -0.2) is 0 Å². The van der Waals surface area contributed by atoms with Crippen molar-refractivity contribution in [3.8, 4) is 0 Å². The molecule has 0 aromatic rings. The predicted molar refractivity (Wildman–Crippen MR) is 73.0 cm³/mol. The van der Waals surface area contributed by atoms with Crippen LogP contribution in [0.15, 0.2) is 0 Å². The lowest BCUT2D eigenvalue weighted by Gasteiger charge is -2.26. The zero-order chi connectivity index (χ0) is 13.5. The van der Waals surface area contributed by atoms with Crippen LogP contribution in [0.1, 0.15) is 39.0 Å². The summed E-state index contributed by atoms with van der Waals surface area (Å²) in [4.78, 5) is 12.0. The van der Waals surface area contributed by atoms with E-state index in [1.165, 1.54) is 19.3 Å². The molecule has 0 bridgehead atoms. The Morgan fingerprint density at radius 2 is 2.21 bits per heavy atom. The van der Waals surface area contributed by atoms with Crippen molar-refractivity contribution in [1.29, 1.82) is 0 Å². The Labute approximate surface area is 115 Å². The monoisotopic (exact) mass is 270 g/mol. The lowest BCUT2D eigenvalue weighted by Crippen LogP contribution is -2.45. The molecule has 2 rings (SSSR count). The van der Waals surface area contributed by atoms with E-state index in [-0.39, 0.29) is 12.0 Å². The van der Waals surface area contributed by atoms with Crippen LogP contribution in [0.4, 0.5) is 0 Å². The second-order valence-electron chi connectivity index (χ2n) is 5.52. The van der Waals surface area contributed by atoms with Crippen molar-refractivity contribution in [1.82, 2.24) is 10.6 Å². The van der Waals surface area contributed by atoms with Crippen molar-refractivity contribution in [2.24, 2.45) is 0 Å². The molecule has 110 valence electrons. The smallest absolute Gasteiger partial charge is 0.249 e. The lowest BCUT2D eigenvalue weighted by molar-refractivity contribution is -0.136. The van der Waals surface area contributed by atoms with Gasteiger partial charge in [-0.3, -0.25) is 4.79 Å². The number of carbonyl (C=O) groups is 1. The first kappa shape index (κ1) is 14.8. The molecule has 1 amide bonds. The number of morpholine rings is 1. The van der Waals surface area contributed by atoms with Crippen LogP contribution < -0.4 is 10.6 Å². The van der Waals surface area contributed by atoms with E-state index in [1.807, 2.05) is 6.92 Å². The van der Waals surface area contributed by atoms with Gasteiger partial charge in [-0.15, -0.1) is 0 Å². The maximum atomic E-state index is 12.0. The molecule has 1 heterocycles. The van der Waals surface area contributed by atoms with Crippen LogP contribution >= 0.6 is 0 Å². The second kappa shape index (κ2) is 7.82. The molecule has 19 heavy (non-hydrogen) atoms. The van der Waals surface area contributed by atoms with Gasteiger partial charge >= 0.3 is 0 Å². The van der Waals surface area contributed by atoms with Crippen LogP contribution in [0, 0.1) is 0 Å². The molecule has 1 saturated carbocycles. The predicted octanol–water partition coefficient (Wildman–Crippen LogP) is 0.829. The van der Waals surface area contributed by atoms with Gasteiger partial charge in [-0.1, -0.05) is 19.3 Å². The zero-order valence-corrected chi connectivity index (χ0v) is 11.8. The average molecular weight is 270 g/mol. The van der Waals surface area contributed by atoms with Crippen LogP contribution in [-0.4, -0.2) is 50.5 Å². The molecule has 2 fully saturated rings. The van der Waals surface area contributed by atoms with Crippen LogP contribution in [-0.2, 0) is 14.3 Å². The van der Waals surface area contributed by atoms with Gasteiger partial charge in [0.1, 0.15) is 6.10 Å². The molecule has 2 atom stereocenters. The van der Waals surface area contributed by atoms with Gasteiger partial charge in [0.15, 0.2) is 0 Å². The molecule has 2 N–H and O–H groups in total. The first-order valence-electron chi connectivity index (χ1n) is 7.50. The third kappa shape index (κ3) is 5.09. The van der Waals surface area contributed by atoms with E-state index in [4.69, 9.17) is 9.47 Å². The summed E-state index contributed by atoms with van der Waals surface area (Å²) in [5.74, 6) is 0.00988. The van der Waals surface area contributed by atoms with Crippen LogP contribution in [0.2, 0.25) is 0 Å². The van der Waals surface area contributed by atoms with Gasteiger partial charge in [-0.2, -0.15) is 0 Å². The average Bonchev–Trinajstić information content (AvgIpc) is 2.47. The van der Waals surface area contributed by atoms with Gasteiger partial charge in [0.05, 0.1) is 19.3 Å². The van der Waals surface area contributed by atoms with E-state index < -0.39 is 6.10 Å². The molecule has 0 spiro atoms. The number of amides is 1. The maximum Gasteiger partial charge on any atom is 0.249 e. The Balaban J connectivity index is 1.63. The molecule has 0 radical (unpaired) electrons. The molecule has 1 saturated heterocycles. The highest BCUT2D eigenvalue weighted by Crippen LogP contribution is 2.17. The first-order chi connectivity index (χ1) is 9.25. The third-order valence-corrected chi connectivity index (χ3v) is 3.86. The maximum absolute atomic E-state index is 12.0. The van der Waals surface area contributed by atoms with Crippen molar-refractivity contribution >= 4 is 5.91 Å². The van der Waals surface area contributed by atoms with Crippen molar-refractivity contribution in [2.45, 2.75) is 57.3 Å². The quantitative estimate of drug-likeness (QED) is 0.777. The van der Waals surface area contributed by atoms with Gasteiger partial charge in [0.25, 0.3) is 0 Å². The van der Waals surface area contributed by atoms with Gasteiger partial charge in [0, 0.05) is 19.1 Å². The van der Waals surface area contributed by atoms with E-state index in [1.54, 1.807) is 0 Å². The molecular formula is C14H26N2O3. The highest BCUT2D eigenvalue weighted by Gasteiger charge is 2.21. The number of hydrogen-bond acceptors (Lipinski definition) is 4. The molecule has 5 heteroatoms. The number of nitrogens with one attached hydrogen (secondary N) is 2.